The third kappa shape index (κ3) is 4.61. The molecule has 1 saturated heterocycles. The smallest absolute Gasteiger partial charge is 0.253 e. The van der Waals surface area contributed by atoms with Crippen molar-refractivity contribution in [3.8, 4) is 0 Å². The van der Waals surface area contributed by atoms with Crippen LogP contribution in [-0.2, 0) is 11.2 Å². The Hall–Kier alpha value is -2.40. The highest BCUT2D eigenvalue weighted by atomic mass is 35.5. The minimum Gasteiger partial charge on any atom is -0.356 e. The lowest BCUT2D eigenvalue weighted by Crippen LogP contribution is -2.40. The summed E-state index contributed by atoms with van der Waals surface area (Å²) in [7, 11) is 0. The van der Waals surface area contributed by atoms with Gasteiger partial charge in [-0.3, -0.25) is 14.6 Å². The van der Waals surface area contributed by atoms with Gasteiger partial charge in [0.25, 0.3) is 5.91 Å². The lowest BCUT2D eigenvalue weighted by molar-refractivity contribution is -0.123. The van der Waals surface area contributed by atoms with Gasteiger partial charge >= 0.3 is 0 Å². The Bertz CT molecular complexity index is 879. The number of nitrogens with zero attached hydrogens (tertiary/aromatic N) is 2. The second-order valence-electron chi connectivity index (χ2n) is 8.17. The summed E-state index contributed by atoms with van der Waals surface area (Å²) in [5.74, 6) is 0.307. The molecular formula is C23H26ClN3O2. The molecule has 1 aromatic heterocycles. The lowest BCUT2D eigenvalue weighted by Gasteiger charge is -2.33. The first-order valence-corrected chi connectivity index (χ1v) is 10.7. The second-order valence-corrected chi connectivity index (χ2v) is 8.61. The van der Waals surface area contributed by atoms with E-state index in [1.54, 1.807) is 36.7 Å². The molecule has 29 heavy (non-hydrogen) atoms. The zero-order chi connectivity index (χ0) is 20.3. The molecule has 1 aliphatic heterocycles. The average molecular weight is 412 g/mol. The van der Waals surface area contributed by atoms with Crippen LogP contribution >= 0.6 is 11.6 Å². The summed E-state index contributed by atoms with van der Waals surface area (Å²) in [6, 6.07) is 11.1. The van der Waals surface area contributed by atoms with Gasteiger partial charge in [-0.2, -0.15) is 0 Å². The Morgan fingerprint density at radius 3 is 2.66 bits per heavy atom. The molecule has 1 aliphatic carbocycles. The van der Waals surface area contributed by atoms with E-state index in [0.29, 0.717) is 30.2 Å². The molecule has 2 amide bonds. The molecule has 5 nitrogen and oxygen atoms in total. The van der Waals surface area contributed by atoms with Crippen molar-refractivity contribution in [3.63, 3.8) is 0 Å². The van der Waals surface area contributed by atoms with Crippen molar-refractivity contribution in [2.75, 3.05) is 19.6 Å². The molecule has 0 unspecified atom stereocenters. The lowest BCUT2D eigenvalue weighted by atomic mass is 9.90. The number of halogens is 1. The molecule has 4 rings (SSSR count). The van der Waals surface area contributed by atoms with E-state index in [9.17, 15) is 9.59 Å². The first kappa shape index (κ1) is 19.9. The number of piperidine rings is 1. The average Bonchev–Trinajstić information content (AvgIpc) is 3.45. The molecule has 0 bridgehead atoms. The highest BCUT2D eigenvalue weighted by molar-refractivity contribution is 6.30. The predicted molar refractivity (Wildman–Crippen MR) is 113 cm³/mol. The van der Waals surface area contributed by atoms with Crippen molar-refractivity contribution in [2.45, 2.75) is 32.1 Å². The summed E-state index contributed by atoms with van der Waals surface area (Å²) in [5, 5.41) is 3.68. The summed E-state index contributed by atoms with van der Waals surface area (Å²) in [5.41, 5.74) is 1.97. The quantitative estimate of drug-likeness (QED) is 0.737. The SMILES string of the molecule is O=C(NCCCc1ccncc1)[C@H]1CC12CCN(C(=O)c1cccc(Cl)c1)CC2. The molecule has 6 heteroatoms. The topological polar surface area (TPSA) is 62.3 Å². The molecule has 2 fully saturated rings. The van der Waals surface area contributed by atoms with Crippen LogP contribution in [-0.4, -0.2) is 41.3 Å². The Balaban J connectivity index is 1.21. The van der Waals surface area contributed by atoms with E-state index in [-0.39, 0.29) is 23.1 Å². The van der Waals surface area contributed by atoms with Gasteiger partial charge in [0.2, 0.25) is 5.91 Å². The Morgan fingerprint density at radius 2 is 1.93 bits per heavy atom. The van der Waals surface area contributed by atoms with Crippen LogP contribution in [0.4, 0.5) is 0 Å². The monoisotopic (exact) mass is 411 g/mol. The van der Waals surface area contributed by atoms with E-state index in [0.717, 1.165) is 32.1 Å². The predicted octanol–water partition coefficient (Wildman–Crippen LogP) is 3.73. The van der Waals surface area contributed by atoms with Crippen LogP contribution in [0, 0.1) is 11.3 Å². The number of pyridine rings is 1. The molecule has 1 atom stereocenters. The molecule has 1 saturated carbocycles. The Kier molecular flexibility index (Phi) is 5.86. The fraction of sp³-hybridized carbons (Fsp3) is 0.435. The van der Waals surface area contributed by atoms with E-state index in [2.05, 4.69) is 10.3 Å². The second kappa shape index (κ2) is 8.54. The number of carbonyl (C=O) groups is 2. The number of amides is 2. The van der Waals surface area contributed by atoms with Crippen molar-refractivity contribution in [1.29, 1.82) is 0 Å². The minimum atomic E-state index is 0.0279. The summed E-state index contributed by atoms with van der Waals surface area (Å²) in [6.45, 7) is 2.11. The normalized spacial score (nSPS) is 19.8. The Morgan fingerprint density at radius 1 is 1.17 bits per heavy atom. The maximum atomic E-state index is 12.7. The van der Waals surface area contributed by atoms with Crippen molar-refractivity contribution in [2.24, 2.45) is 11.3 Å². The zero-order valence-corrected chi connectivity index (χ0v) is 17.2. The number of hydrogen-bond acceptors (Lipinski definition) is 3. The standard InChI is InChI=1S/C23H26ClN3O2/c24-19-5-1-4-18(15-19)22(29)27-13-8-23(9-14-27)16-20(23)21(28)26-10-2-3-17-6-11-25-12-7-17/h1,4-7,11-12,15,20H,2-3,8-10,13-14,16H2,(H,26,28)/t20-/m1/s1. The van der Waals surface area contributed by atoms with Gasteiger partial charge in [-0.25, -0.2) is 0 Å². The van der Waals surface area contributed by atoms with Gasteiger partial charge < -0.3 is 10.2 Å². The molecule has 1 aromatic carbocycles. The van der Waals surface area contributed by atoms with Crippen LogP contribution in [0.15, 0.2) is 48.8 Å². The molecule has 2 aromatic rings. The van der Waals surface area contributed by atoms with Gasteiger partial charge in [-0.05, 0) is 73.4 Å². The van der Waals surface area contributed by atoms with Gasteiger partial charge in [-0.15, -0.1) is 0 Å². The fourth-order valence-electron chi connectivity index (χ4n) is 4.41. The Labute approximate surface area is 176 Å². The summed E-state index contributed by atoms with van der Waals surface area (Å²) in [4.78, 5) is 31.1. The number of hydrogen-bond donors (Lipinski definition) is 1. The first-order chi connectivity index (χ1) is 14.1. The summed E-state index contributed by atoms with van der Waals surface area (Å²) >= 11 is 6.01. The van der Waals surface area contributed by atoms with Gasteiger partial charge in [0.05, 0.1) is 0 Å². The van der Waals surface area contributed by atoms with Crippen LogP contribution in [0.1, 0.15) is 41.6 Å². The maximum Gasteiger partial charge on any atom is 0.253 e. The molecule has 152 valence electrons. The highest BCUT2D eigenvalue weighted by Crippen LogP contribution is 2.59. The number of benzene rings is 1. The number of carbonyl (C=O) groups excluding carboxylic acids is 2. The van der Waals surface area contributed by atoms with E-state index < -0.39 is 0 Å². The first-order valence-electron chi connectivity index (χ1n) is 10.3. The number of nitrogens with one attached hydrogen (secondary N) is 1. The third-order valence-electron chi connectivity index (χ3n) is 6.32. The summed E-state index contributed by atoms with van der Waals surface area (Å²) in [6.07, 6.45) is 8.21. The van der Waals surface area contributed by atoms with E-state index >= 15 is 0 Å². The van der Waals surface area contributed by atoms with Crippen molar-refractivity contribution in [1.82, 2.24) is 15.2 Å². The van der Waals surface area contributed by atoms with Crippen molar-refractivity contribution in [3.05, 3.63) is 64.9 Å². The van der Waals surface area contributed by atoms with Crippen LogP contribution in [0.3, 0.4) is 0 Å². The third-order valence-corrected chi connectivity index (χ3v) is 6.55. The van der Waals surface area contributed by atoms with Crippen LogP contribution in [0.25, 0.3) is 0 Å². The van der Waals surface area contributed by atoms with Gasteiger partial charge in [0.1, 0.15) is 0 Å². The van der Waals surface area contributed by atoms with Gasteiger partial charge in [0, 0.05) is 48.5 Å². The summed E-state index contributed by atoms with van der Waals surface area (Å²) < 4.78 is 0. The van der Waals surface area contributed by atoms with E-state index in [1.165, 1.54) is 5.56 Å². The highest BCUT2D eigenvalue weighted by Gasteiger charge is 2.58. The minimum absolute atomic E-state index is 0.0279. The number of aromatic nitrogens is 1. The van der Waals surface area contributed by atoms with Gasteiger partial charge in [-0.1, -0.05) is 17.7 Å². The van der Waals surface area contributed by atoms with Gasteiger partial charge in [0.15, 0.2) is 0 Å². The van der Waals surface area contributed by atoms with Crippen molar-refractivity contribution >= 4 is 23.4 Å². The van der Waals surface area contributed by atoms with E-state index in [1.807, 2.05) is 17.0 Å². The molecular weight excluding hydrogens is 386 g/mol. The number of rotatable bonds is 6. The maximum absolute atomic E-state index is 12.7. The van der Waals surface area contributed by atoms with Crippen molar-refractivity contribution < 1.29 is 9.59 Å². The number of aryl methyl sites for hydroxylation is 1. The van der Waals surface area contributed by atoms with Crippen LogP contribution < -0.4 is 5.32 Å². The molecule has 2 aliphatic rings. The zero-order valence-electron chi connectivity index (χ0n) is 16.4. The van der Waals surface area contributed by atoms with Crippen LogP contribution in [0.5, 0.6) is 0 Å². The van der Waals surface area contributed by atoms with E-state index in [4.69, 9.17) is 11.6 Å². The molecule has 2 heterocycles. The number of likely N-dealkylation sites (tertiary alicyclic amines) is 1. The van der Waals surface area contributed by atoms with Crippen LogP contribution in [0.2, 0.25) is 5.02 Å². The molecule has 0 radical (unpaired) electrons. The molecule has 1 N–H and O–H groups in total. The fourth-order valence-corrected chi connectivity index (χ4v) is 4.60. The largest absolute Gasteiger partial charge is 0.356 e. The molecule has 1 spiro atoms.